The van der Waals surface area contributed by atoms with Crippen LogP contribution in [0.2, 0.25) is 0 Å². The zero-order valence-electron chi connectivity index (χ0n) is 8.93. The highest BCUT2D eigenvalue weighted by molar-refractivity contribution is 6.43. The summed E-state index contributed by atoms with van der Waals surface area (Å²) in [6.07, 6.45) is 1.52. The molecule has 0 atom stereocenters. The van der Waals surface area contributed by atoms with Gasteiger partial charge in [0.25, 0.3) is 5.91 Å². The standard InChI is InChI=1S/C11H13N3O2/c1-2-14-16-7-8-5-3-4-6-9(8)10(12)11(13)15/h2-6,12H,7H2,1H3,(H2,13,15)/b12-10?,14-2-. The first-order chi connectivity index (χ1) is 7.66. The number of oxime groups is 1. The summed E-state index contributed by atoms with van der Waals surface area (Å²) >= 11 is 0. The number of nitrogens with zero attached hydrogens (tertiary/aromatic N) is 1. The average molecular weight is 219 g/mol. The number of hydrogen-bond donors (Lipinski definition) is 2. The van der Waals surface area contributed by atoms with Crippen LogP contribution in [0.5, 0.6) is 0 Å². The van der Waals surface area contributed by atoms with Crippen LogP contribution in [0.1, 0.15) is 18.1 Å². The lowest BCUT2D eigenvalue weighted by molar-refractivity contribution is -0.112. The van der Waals surface area contributed by atoms with E-state index in [1.807, 2.05) is 0 Å². The smallest absolute Gasteiger partial charge is 0.267 e. The van der Waals surface area contributed by atoms with Crippen molar-refractivity contribution in [3.8, 4) is 0 Å². The summed E-state index contributed by atoms with van der Waals surface area (Å²) in [5.41, 5.74) is 6.01. The Morgan fingerprint density at radius 2 is 2.25 bits per heavy atom. The minimum absolute atomic E-state index is 0.205. The molecule has 1 rings (SSSR count). The lowest BCUT2D eigenvalue weighted by Crippen LogP contribution is -2.24. The van der Waals surface area contributed by atoms with Gasteiger partial charge in [0.2, 0.25) is 0 Å². The van der Waals surface area contributed by atoms with Gasteiger partial charge < -0.3 is 10.6 Å². The van der Waals surface area contributed by atoms with Gasteiger partial charge in [-0.25, -0.2) is 0 Å². The maximum Gasteiger partial charge on any atom is 0.267 e. The SMILES string of the molecule is C/C=N\OCc1ccccc1C(=N)C(N)=O. The van der Waals surface area contributed by atoms with Crippen molar-refractivity contribution in [2.24, 2.45) is 10.9 Å². The predicted octanol–water partition coefficient (Wildman–Crippen LogP) is 1.06. The van der Waals surface area contributed by atoms with E-state index in [1.54, 1.807) is 31.2 Å². The van der Waals surface area contributed by atoms with Gasteiger partial charge in [0.05, 0.1) is 0 Å². The van der Waals surface area contributed by atoms with Crippen molar-refractivity contribution in [1.82, 2.24) is 0 Å². The van der Waals surface area contributed by atoms with E-state index in [2.05, 4.69) is 5.16 Å². The van der Waals surface area contributed by atoms with Gasteiger partial charge in [0.15, 0.2) is 0 Å². The molecule has 3 N–H and O–H groups in total. The van der Waals surface area contributed by atoms with Crippen molar-refractivity contribution in [2.75, 3.05) is 0 Å². The Balaban J connectivity index is 2.91. The molecule has 0 spiro atoms. The largest absolute Gasteiger partial charge is 0.391 e. The first kappa shape index (κ1) is 11.9. The van der Waals surface area contributed by atoms with Crippen LogP contribution >= 0.6 is 0 Å². The highest BCUT2D eigenvalue weighted by atomic mass is 16.6. The third kappa shape index (κ3) is 2.91. The Morgan fingerprint density at radius 3 is 2.88 bits per heavy atom. The molecule has 0 fully saturated rings. The number of amides is 1. The number of benzene rings is 1. The van der Waals surface area contributed by atoms with Gasteiger partial charge in [0, 0.05) is 17.3 Å². The fourth-order valence-electron chi connectivity index (χ4n) is 1.20. The molecule has 0 aliphatic heterocycles. The third-order valence-corrected chi connectivity index (χ3v) is 1.93. The molecule has 0 saturated heterocycles. The lowest BCUT2D eigenvalue weighted by Gasteiger charge is -2.07. The zero-order chi connectivity index (χ0) is 12.0. The number of carbonyl (C=O) groups is 1. The molecule has 0 aliphatic carbocycles. The third-order valence-electron chi connectivity index (χ3n) is 1.93. The summed E-state index contributed by atoms with van der Waals surface area (Å²) in [5.74, 6) is -0.758. The van der Waals surface area contributed by atoms with Crippen LogP contribution in [0, 0.1) is 5.41 Å². The molecule has 0 aromatic heterocycles. The maximum atomic E-state index is 10.9. The summed E-state index contributed by atoms with van der Waals surface area (Å²) in [5, 5.41) is 11.1. The van der Waals surface area contributed by atoms with Crippen LogP contribution in [-0.4, -0.2) is 17.8 Å². The summed E-state index contributed by atoms with van der Waals surface area (Å²) in [6.45, 7) is 1.94. The molecule has 0 aliphatic rings. The highest BCUT2D eigenvalue weighted by Gasteiger charge is 2.12. The Kier molecular flexibility index (Phi) is 4.20. The Hall–Kier alpha value is -2.17. The summed E-state index contributed by atoms with van der Waals surface area (Å²) < 4.78 is 0. The second kappa shape index (κ2) is 5.65. The summed E-state index contributed by atoms with van der Waals surface area (Å²) in [4.78, 5) is 15.9. The Morgan fingerprint density at radius 1 is 1.56 bits per heavy atom. The van der Waals surface area contributed by atoms with E-state index in [4.69, 9.17) is 16.0 Å². The number of rotatable bonds is 5. The number of nitrogens with two attached hydrogens (primary N) is 1. The molecule has 16 heavy (non-hydrogen) atoms. The maximum absolute atomic E-state index is 10.9. The van der Waals surface area contributed by atoms with Crippen molar-refractivity contribution < 1.29 is 9.63 Å². The molecular formula is C11H13N3O2. The number of hydrogen-bond acceptors (Lipinski definition) is 4. The van der Waals surface area contributed by atoms with E-state index < -0.39 is 5.91 Å². The molecule has 0 radical (unpaired) electrons. The van der Waals surface area contributed by atoms with Crippen LogP contribution in [0.4, 0.5) is 0 Å². The van der Waals surface area contributed by atoms with Crippen LogP contribution in [0.15, 0.2) is 29.4 Å². The molecule has 1 aromatic rings. The van der Waals surface area contributed by atoms with E-state index >= 15 is 0 Å². The molecule has 1 amide bonds. The molecule has 0 unspecified atom stereocenters. The number of nitrogens with one attached hydrogen (secondary N) is 1. The molecule has 5 heteroatoms. The molecule has 5 nitrogen and oxygen atoms in total. The minimum atomic E-state index is -0.758. The van der Waals surface area contributed by atoms with Crippen molar-refractivity contribution in [1.29, 1.82) is 5.41 Å². The van der Waals surface area contributed by atoms with Gasteiger partial charge in [-0.1, -0.05) is 29.4 Å². The monoisotopic (exact) mass is 219 g/mol. The number of carbonyl (C=O) groups excluding carboxylic acids is 1. The quantitative estimate of drug-likeness (QED) is 0.572. The van der Waals surface area contributed by atoms with Gasteiger partial charge in [0.1, 0.15) is 12.3 Å². The Bertz CT molecular complexity index is 427. The van der Waals surface area contributed by atoms with Gasteiger partial charge in [-0.05, 0) is 6.92 Å². The van der Waals surface area contributed by atoms with E-state index in [1.165, 1.54) is 6.21 Å². The molecule has 1 aromatic carbocycles. The fraction of sp³-hybridized carbons (Fsp3) is 0.182. The Labute approximate surface area is 93.4 Å². The van der Waals surface area contributed by atoms with Crippen LogP contribution in [-0.2, 0) is 16.2 Å². The normalized spacial score (nSPS) is 10.3. The van der Waals surface area contributed by atoms with Crippen LogP contribution in [0.25, 0.3) is 0 Å². The average Bonchev–Trinajstić information content (AvgIpc) is 2.29. The second-order valence-electron chi connectivity index (χ2n) is 3.03. The van der Waals surface area contributed by atoms with Crippen LogP contribution in [0.3, 0.4) is 0 Å². The second-order valence-corrected chi connectivity index (χ2v) is 3.03. The van der Waals surface area contributed by atoms with E-state index in [0.29, 0.717) is 11.1 Å². The van der Waals surface area contributed by atoms with Crippen LogP contribution < -0.4 is 5.73 Å². The van der Waals surface area contributed by atoms with Gasteiger partial charge >= 0.3 is 0 Å². The van der Waals surface area contributed by atoms with Crippen molar-refractivity contribution in [3.05, 3.63) is 35.4 Å². The predicted molar refractivity (Wildman–Crippen MR) is 61.4 cm³/mol. The fourth-order valence-corrected chi connectivity index (χ4v) is 1.20. The van der Waals surface area contributed by atoms with Crippen molar-refractivity contribution in [3.63, 3.8) is 0 Å². The van der Waals surface area contributed by atoms with E-state index in [9.17, 15) is 4.79 Å². The molecule has 0 heterocycles. The first-order valence-electron chi connectivity index (χ1n) is 4.73. The molecule has 0 saturated carbocycles. The summed E-state index contributed by atoms with van der Waals surface area (Å²) in [6, 6.07) is 6.95. The van der Waals surface area contributed by atoms with E-state index in [-0.39, 0.29) is 12.3 Å². The first-order valence-corrected chi connectivity index (χ1v) is 4.73. The minimum Gasteiger partial charge on any atom is -0.391 e. The molecule has 0 bridgehead atoms. The highest BCUT2D eigenvalue weighted by Crippen LogP contribution is 2.10. The topological polar surface area (TPSA) is 88.5 Å². The van der Waals surface area contributed by atoms with Crippen molar-refractivity contribution in [2.45, 2.75) is 13.5 Å². The molecule has 84 valence electrons. The molecular weight excluding hydrogens is 206 g/mol. The van der Waals surface area contributed by atoms with Gasteiger partial charge in [-0.15, -0.1) is 0 Å². The van der Waals surface area contributed by atoms with Crippen molar-refractivity contribution >= 4 is 17.8 Å². The lowest BCUT2D eigenvalue weighted by atomic mass is 10.0. The zero-order valence-corrected chi connectivity index (χ0v) is 8.93. The van der Waals surface area contributed by atoms with Gasteiger partial charge in [-0.3, -0.25) is 10.2 Å². The number of primary amides is 1. The van der Waals surface area contributed by atoms with Gasteiger partial charge in [-0.2, -0.15) is 0 Å². The summed E-state index contributed by atoms with van der Waals surface area (Å²) in [7, 11) is 0. The van der Waals surface area contributed by atoms with E-state index in [0.717, 1.165) is 0 Å².